The first-order valence-corrected chi connectivity index (χ1v) is 8.62. The van der Waals surface area contributed by atoms with Crippen LogP contribution in [0.25, 0.3) is 0 Å². The van der Waals surface area contributed by atoms with Gasteiger partial charge in [-0.25, -0.2) is 4.79 Å². The number of alkyl carbamates (subject to hydrolysis) is 1. The topological polar surface area (TPSA) is 84.9 Å². The molecule has 0 saturated heterocycles. The first-order valence-electron chi connectivity index (χ1n) is 7.48. The molecule has 0 spiro atoms. The lowest BCUT2D eigenvalue weighted by molar-refractivity contribution is -0.142. The van der Waals surface area contributed by atoms with E-state index in [-0.39, 0.29) is 19.4 Å². The fourth-order valence-corrected chi connectivity index (χ4v) is 2.34. The van der Waals surface area contributed by atoms with Crippen LogP contribution in [0.15, 0.2) is 11.8 Å². The molecular weight excluding hydrogens is 395 g/mol. The van der Waals surface area contributed by atoms with Crippen molar-refractivity contribution in [2.45, 2.75) is 49.0 Å². The molecule has 7 nitrogen and oxygen atoms in total. The standard InChI is InChI=1S/C15H21Cl3N2O5/c1-14(2,3)25-13(23)19-10(5-6-15(16,17)18)12(22)20-8-9(24-4)7-11(20)21/h7,10H,5-6,8H2,1-4H3,(H,19,23). The summed E-state index contributed by atoms with van der Waals surface area (Å²) in [6.45, 7) is 5.03. The molecule has 3 amide bonds. The van der Waals surface area contributed by atoms with Crippen molar-refractivity contribution in [1.82, 2.24) is 10.2 Å². The number of rotatable bonds is 5. The van der Waals surface area contributed by atoms with E-state index in [4.69, 9.17) is 44.3 Å². The van der Waals surface area contributed by atoms with Gasteiger partial charge in [-0.1, -0.05) is 34.8 Å². The van der Waals surface area contributed by atoms with Crippen LogP contribution in [-0.4, -0.2) is 51.9 Å². The number of imide groups is 1. The molecule has 0 aromatic carbocycles. The van der Waals surface area contributed by atoms with E-state index in [1.54, 1.807) is 20.8 Å². The number of carbonyl (C=O) groups is 3. The van der Waals surface area contributed by atoms with Gasteiger partial charge in [0.15, 0.2) is 3.79 Å². The van der Waals surface area contributed by atoms with Crippen LogP contribution in [-0.2, 0) is 19.1 Å². The predicted octanol–water partition coefficient (Wildman–Crippen LogP) is 2.93. The van der Waals surface area contributed by atoms with Crippen LogP contribution in [0.2, 0.25) is 0 Å². The highest BCUT2D eigenvalue weighted by molar-refractivity contribution is 6.67. The summed E-state index contributed by atoms with van der Waals surface area (Å²) in [6.07, 6.45) is 0.413. The SMILES string of the molecule is COC1=CC(=O)N(C(=O)C(CCC(Cl)(Cl)Cl)NC(=O)OC(C)(C)C)C1. The number of carbonyl (C=O) groups excluding carboxylic acids is 3. The second kappa shape index (κ2) is 8.47. The summed E-state index contributed by atoms with van der Waals surface area (Å²) in [4.78, 5) is 37.5. The van der Waals surface area contributed by atoms with Gasteiger partial charge in [-0.2, -0.15) is 0 Å². The largest absolute Gasteiger partial charge is 0.499 e. The summed E-state index contributed by atoms with van der Waals surface area (Å²) in [5, 5.41) is 2.43. The minimum atomic E-state index is -1.60. The molecule has 0 fully saturated rings. The summed E-state index contributed by atoms with van der Waals surface area (Å²) < 4.78 is 8.52. The van der Waals surface area contributed by atoms with Crippen molar-refractivity contribution in [3.8, 4) is 0 Å². The van der Waals surface area contributed by atoms with E-state index in [0.717, 1.165) is 4.90 Å². The molecule has 1 unspecified atom stereocenters. The number of ether oxygens (including phenoxy) is 2. The van der Waals surface area contributed by atoms with Gasteiger partial charge in [0, 0.05) is 6.08 Å². The molecule has 1 rings (SSSR count). The average Bonchev–Trinajstić information content (AvgIpc) is 2.81. The molecule has 0 bridgehead atoms. The smallest absolute Gasteiger partial charge is 0.408 e. The average molecular weight is 416 g/mol. The zero-order valence-corrected chi connectivity index (χ0v) is 16.7. The molecular formula is C15H21Cl3N2O5. The molecule has 0 aromatic heterocycles. The number of halogens is 3. The minimum absolute atomic E-state index is 0.00351. The van der Waals surface area contributed by atoms with E-state index in [0.29, 0.717) is 5.76 Å². The maximum atomic E-state index is 12.7. The molecule has 0 aliphatic carbocycles. The Hall–Kier alpha value is -1.18. The Morgan fingerprint density at radius 3 is 2.36 bits per heavy atom. The maximum absolute atomic E-state index is 12.7. The van der Waals surface area contributed by atoms with Crippen LogP contribution in [0.3, 0.4) is 0 Å². The van der Waals surface area contributed by atoms with Crippen LogP contribution in [0.1, 0.15) is 33.6 Å². The molecule has 1 N–H and O–H groups in total. The quantitative estimate of drug-likeness (QED) is 0.698. The number of hydrogen-bond donors (Lipinski definition) is 1. The van der Waals surface area contributed by atoms with Crippen LogP contribution in [0.4, 0.5) is 4.79 Å². The maximum Gasteiger partial charge on any atom is 0.408 e. The Morgan fingerprint density at radius 2 is 1.92 bits per heavy atom. The van der Waals surface area contributed by atoms with Crippen LogP contribution in [0, 0.1) is 0 Å². The highest BCUT2D eigenvalue weighted by atomic mass is 35.6. The zero-order chi connectivity index (χ0) is 19.4. The van der Waals surface area contributed by atoms with E-state index in [1.165, 1.54) is 13.2 Å². The third-order valence-corrected chi connectivity index (χ3v) is 3.67. The number of nitrogens with one attached hydrogen (secondary N) is 1. The highest BCUT2D eigenvalue weighted by Crippen LogP contribution is 2.32. The van der Waals surface area contributed by atoms with Gasteiger partial charge in [-0.05, 0) is 33.6 Å². The van der Waals surface area contributed by atoms with E-state index >= 15 is 0 Å². The summed E-state index contributed by atoms with van der Waals surface area (Å²) in [7, 11) is 1.40. The lowest BCUT2D eigenvalue weighted by Gasteiger charge is -2.26. The Balaban J connectivity index is 2.85. The molecule has 1 atom stereocenters. The van der Waals surface area contributed by atoms with Gasteiger partial charge in [0.2, 0.25) is 0 Å². The number of methoxy groups -OCH3 is 1. The first-order chi connectivity index (χ1) is 11.3. The Labute approximate surface area is 161 Å². The van der Waals surface area contributed by atoms with E-state index in [2.05, 4.69) is 5.32 Å². The summed E-state index contributed by atoms with van der Waals surface area (Å²) in [5.74, 6) is -0.823. The second-order valence-corrected chi connectivity index (χ2v) is 8.95. The van der Waals surface area contributed by atoms with Gasteiger partial charge in [0.05, 0.1) is 13.7 Å². The number of amides is 3. The van der Waals surface area contributed by atoms with Crippen molar-refractivity contribution < 1.29 is 23.9 Å². The Morgan fingerprint density at radius 1 is 1.32 bits per heavy atom. The van der Waals surface area contributed by atoms with Crippen LogP contribution < -0.4 is 5.32 Å². The van der Waals surface area contributed by atoms with Gasteiger partial charge in [0.1, 0.15) is 17.4 Å². The van der Waals surface area contributed by atoms with Gasteiger partial charge in [-0.3, -0.25) is 14.5 Å². The number of nitrogens with zero attached hydrogens (tertiary/aromatic N) is 1. The van der Waals surface area contributed by atoms with Crippen molar-refractivity contribution in [2.24, 2.45) is 0 Å². The highest BCUT2D eigenvalue weighted by Gasteiger charge is 2.35. The summed E-state index contributed by atoms with van der Waals surface area (Å²) in [6, 6.07) is -1.08. The minimum Gasteiger partial charge on any atom is -0.499 e. The lowest BCUT2D eigenvalue weighted by Crippen LogP contribution is -2.50. The summed E-state index contributed by atoms with van der Waals surface area (Å²) >= 11 is 17.2. The molecule has 0 saturated carbocycles. The molecule has 10 heteroatoms. The van der Waals surface area contributed by atoms with E-state index in [9.17, 15) is 14.4 Å². The van der Waals surface area contributed by atoms with Gasteiger partial charge in [-0.15, -0.1) is 0 Å². The molecule has 1 aliphatic rings. The zero-order valence-electron chi connectivity index (χ0n) is 14.4. The predicted molar refractivity (Wildman–Crippen MR) is 94.5 cm³/mol. The van der Waals surface area contributed by atoms with Crippen molar-refractivity contribution in [3.63, 3.8) is 0 Å². The third-order valence-electron chi connectivity index (χ3n) is 3.10. The van der Waals surface area contributed by atoms with Crippen molar-refractivity contribution in [3.05, 3.63) is 11.8 Å². The lowest BCUT2D eigenvalue weighted by atomic mass is 10.1. The van der Waals surface area contributed by atoms with Gasteiger partial charge < -0.3 is 14.8 Å². The molecule has 0 aromatic rings. The second-order valence-electron chi connectivity index (χ2n) is 6.43. The monoisotopic (exact) mass is 414 g/mol. The van der Waals surface area contributed by atoms with Crippen molar-refractivity contribution in [1.29, 1.82) is 0 Å². The van der Waals surface area contributed by atoms with Crippen LogP contribution in [0.5, 0.6) is 0 Å². The molecule has 142 valence electrons. The molecule has 1 aliphatic heterocycles. The third kappa shape index (κ3) is 7.71. The Kier molecular flexibility index (Phi) is 7.40. The molecule has 25 heavy (non-hydrogen) atoms. The number of alkyl halides is 3. The Bertz CT molecular complexity index is 566. The van der Waals surface area contributed by atoms with Crippen molar-refractivity contribution >= 4 is 52.7 Å². The molecule has 0 radical (unpaired) electrons. The van der Waals surface area contributed by atoms with Crippen molar-refractivity contribution in [2.75, 3.05) is 13.7 Å². The normalized spacial score (nSPS) is 16.4. The van der Waals surface area contributed by atoms with Crippen LogP contribution >= 0.6 is 34.8 Å². The van der Waals surface area contributed by atoms with E-state index in [1.807, 2.05) is 0 Å². The van der Waals surface area contributed by atoms with Gasteiger partial charge in [0.25, 0.3) is 11.8 Å². The van der Waals surface area contributed by atoms with E-state index < -0.39 is 33.3 Å². The summed E-state index contributed by atoms with van der Waals surface area (Å²) in [5.41, 5.74) is -0.749. The fourth-order valence-electron chi connectivity index (χ4n) is 2.01. The molecule has 1 heterocycles. The first kappa shape index (κ1) is 21.9. The van der Waals surface area contributed by atoms with Gasteiger partial charge >= 0.3 is 6.09 Å². The number of hydrogen-bond acceptors (Lipinski definition) is 5. The fraction of sp³-hybridized carbons (Fsp3) is 0.667.